The van der Waals surface area contributed by atoms with Crippen LogP contribution in [0.25, 0.3) is 0 Å². The lowest BCUT2D eigenvalue weighted by molar-refractivity contribution is -0.119. The van der Waals surface area contributed by atoms with Gasteiger partial charge in [0, 0.05) is 18.0 Å². The van der Waals surface area contributed by atoms with Crippen LogP contribution in [0.5, 0.6) is 0 Å². The number of rotatable bonds is 7. The number of carbonyl (C=O) groups is 2. The molecule has 0 heterocycles. The Labute approximate surface area is 137 Å². The van der Waals surface area contributed by atoms with Crippen molar-refractivity contribution in [3.05, 3.63) is 23.2 Å². The van der Waals surface area contributed by atoms with E-state index < -0.39 is 0 Å². The Morgan fingerprint density at radius 3 is 2.36 bits per heavy atom. The number of amides is 2. The molecule has 0 atom stereocenters. The minimum absolute atomic E-state index is 0.0179. The summed E-state index contributed by atoms with van der Waals surface area (Å²) < 4.78 is 0. The molecular formula is C17H25ClN2O2. The van der Waals surface area contributed by atoms with Gasteiger partial charge in [-0.1, -0.05) is 45.7 Å². The summed E-state index contributed by atoms with van der Waals surface area (Å²) in [6, 6.07) is 5.09. The molecule has 0 aliphatic rings. The van der Waals surface area contributed by atoms with Crippen LogP contribution in [0.15, 0.2) is 18.2 Å². The molecule has 0 spiro atoms. The largest absolute Gasteiger partial charge is 0.326 e. The van der Waals surface area contributed by atoms with Crippen molar-refractivity contribution < 1.29 is 9.59 Å². The van der Waals surface area contributed by atoms with E-state index in [0.29, 0.717) is 28.7 Å². The van der Waals surface area contributed by atoms with Gasteiger partial charge in [0.25, 0.3) is 0 Å². The van der Waals surface area contributed by atoms with E-state index >= 15 is 0 Å². The number of hydrogen-bond acceptors (Lipinski definition) is 2. The van der Waals surface area contributed by atoms with Gasteiger partial charge >= 0.3 is 0 Å². The number of halogens is 1. The van der Waals surface area contributed by atoms with Crippen LogP contribution in [0, 0.1) is 11.8 Å². The van der Waals surface area contributed by atoms with Gasteiger partial charge in [-0.3, -0.25) is 9.59 Å². The highest BCUT2D eigenvalue weighted by atomic mass is 35.5. The van der Waals surface area contributed by atoms with Gasteiger partial charge in [0.15, 0.2) is 0 Å². The zero-order valence-electron chi connectivity index (χ0n) is 13.7. The van der Waals surface area contributed by atoms with Crippen molar-refractivity contribution in [3.8, 4) is 0 Å². The lowest BCUT2D eigenvalue weighted by atomic mass is 10.1. The van der Waals surface area contributed by atoms with Crippen molar-refractivity contribution >= 4 is 34.8 Å². The molecule has 0 aliphatic heterocycles. The third kappa shape index (κ3) is 6.48. The van der Waals surface area contributed by atoms with Crippen LogP contribution >= 0.6 is 11.6 Å². The van der Waals surface area contributed by atoms with E-state index in [9.17, 15) is 9.59 Å². The van der Waals surface area contributed by atoms with Crippen LogP contribution in [0.4, 0.5) is 11.4 Å². The fraction of sp³-hybridized carbons (Fsp3) is 0.529. The Morgan fingerprint density at radius 1 is 1.14 bits per heavy atom. The van der Waals surface area contributed by atoms with E-state index in [0.717, 1.165) is 12.8 Å². The standard InChI is InChI=1S/C17H25ClN2O2/c1-11(2)6-5-7-16(21)19-13-8-9-15(14(18)10-13)20-17(22)12(3)4/h8-12H,5-7H2,1-4H3,(H,19,21)(H,20,22). The fourth-order valence-corrected chi connectivity index (χ4v) is 2.09. The average Bonchev–Trinajstić information content (AvgIpc) is 2.41. The monoisotopic (exact) mass is 324 g/mol. The second-order valence-electron chi connectivity index (χ2n) is 6.17. The molecule has 1 aromatic carbocycles. The molecule has 0 bridgehead atoms. The summed E-state index contributed by atoms with van der Waals surface area (Å²) in [5, 5.41) is 5.99. The van der Waals surface area contributed by atoms with E-state index in [1.807, 2.05) is 13.8 Å². The van der Waals surface area contributed by atoms with E-state index in [-0.39, 0.29) is 17.7 Å². The van der Waals surface area contributed by atoms with E-state index in [1.54, 1.807) is 18.2 Å². The number of nitrogens with one attached hydrogen (secondary N) is 2. The molecule has 2 amide bonds. The summed E-state index contributed by atoms with van der Waals surface area (Å²) >= 11 is 6.14. The molecule has 2 N–H and O–H groups in total. The maximum Gasteiger partial charge on any atom is 0.226 e. The SMILES string of the molecule is CC(C)CCCC(=O)Nc1ccc(NC(=O)C(C)C)c(Cl)c1. The third-order valence-electron chi connectivity index (χ3n) is 3.22. The quantitative estimate of drug-likeness (QED) is 0.763. The predicted octanol–water partition coefficient (Wildman–Crippen LogP) is 4.70. The number of carbonyl (C=O) groups excluding carboxylic acids is 2. The number of hydrogen-bond donors (Lipinski definition) is 2. The molecule has 22 heavy (non-hydrogen) atoms. The van der Waals surface area contributed by atoms with Gasteiger partial charge in [0.05, 0.1) is 10.7 Å². The zero-order valence-corrected chi connectivity index (χ0v) is 14.5. The van der Waals surface area contributed by atoms with Gasteiger partial charge in [-0.2, -0.15) is 0 Å². The first-order chi connectivity index (χ1) is 10.3. The van der Waals surface area contributed by atoms with Crippen LogP contribution in [0.3, 0.4) is 0 Å². The molecule has 0 unspecified atom stereocenters. The first-order valence-corrected chi connectivity index (χ1v) is 8.07. The van der Waals surface area contributed by atoms with Crippen molar-refractivity contribution in [1.29, 1.82) is 0 Å². The Bertz CT molecular complexity index is 527. The second kappa shape index (κ2) is 8.79. The predicted molar refractivity (Wildman–Crippen MR) is 92.2 cm³/mol. The first-order valence-electron chi connectivity index (χ1n) is 7.70. The molecule has 0 aromatic heterocycles. The summed E-state index contributed by atoms with van der Waals surface area (Å²) in [5.41, 5.74) is 1.19. The first kappa shape index (κ1) is 18.5. The van der Waals surface area contributed by atoms with Crippen LogP contribution in [0.2, 0.25) is 5.02 Å². The molecule has 0 fully saturated rings. The van der Waals surface area contributed by atoms with Crippen LogP contribution < -0.4 is 10.6 Å². The molecule has 0 saturated carbocycles. The van der Waals surface area contributed by atoms with Crippen LogP contribution in [0.1, 0.15) is 47.0 Å². The molecule has 0 radical (unpaired) electrons. The number of benzene rings is 1. The zero-order chi connectivity index (χ0) is 16.7. The van der Waals surface area contributed by atoms with Gasteiger partial charge in [0.2, 0.25) is 11.8 Å². The van der Waals surface area contributed by atoms with Crippen molar-refractivity contribution in [2.45, 2.75) is 47.0 Å². The van der Waals surface area contributed by atoms with Crippen LogP contribution in [-0.4, -0.2) is 11.8 Å². The van der Waals surface area contributed by atoms with Crippen molar-refractivity contribution in [2.24, 2.45) is 11.8 Å². The normalized spacial score (nSPS) is 10.9. The van der Waals surface area contributed by atoms with E-state index in [2.05, 4.69) is 24.5 Å². The van der Waals surface area contributed by atoms with Gasteiger partial charge in [-0.05, 0) is 30.5 Å². The minimum Gasteiger partial charge on any atom is -0.326 e. The summed E-state index contributed by atoms with van der Waals surface area (Å²) in [6.07, 6.45) is 2.41. The molecule has 4 nitrogen and oxygen atoms in total. The van der Waals surface area contributed by atoms with Gasteiger partial charge in [-0.25, -0.2) is 0 Å². The smallest absolute Gasteiger partial charge is 0.226 e. The molecule has 0 saturated heterocycles. The molecule has 1 rings (SSSR count). The highest BCUT2D eigenvalue weighted by molar-refractivity contribution is 6.34. The minimum atomic E-state index is -0.114. The van der Waals surface area contributed by atoms with Gasteiger partial charge < -0.3 is 10.6 Å². The van der Waals surface area contributed by atoms with Crippen molar-refractivity contribution in [1.82, 2.24) is 0 Å². The summed E-state index contributed by atoms with van der Waals surface area (Å²) in [5.74, 6) is 0.380. The Hall–Kier alpha value is -1.55. The lowest BCUT2D eigenvalue weighted by Crippen LogP contribution is -2.18. The van der Waals surface area contributed by atoms with Crippen molar-refractivity contribution in [2.75, 3.05) is 10.6 Å². The van der Waals surface area contributed by atoms with E-state index in [1.165, 1.54) is 0 Å². The maximum atomic E-state index is 11.8. The topological polar surface area (TPSA) is 58.2 Å². The molecule has 0 aliphatic carbocycles. The summed E-state index contributed by atoms with van der Waals surface area (Å²) in [6.45, 7) is 7.91. The Morgan fingerprint density at radius 2 is 1.82 bits per heavy atom. The van der Waals surface area contributed by atoms with Gasteiger partial charge in [-0.15, -0.1) is 0 Å². The van der Waals surface area contributed by atoms with Crippen LogP contribution in [-0.2, 0) is 9.59 Å². The summed E-state index contributed by atoms with van der Waals surface area (Å²) in [4.78, 5) is 23.5. The maximum absolute atomic E-state index is 11.8. The molecular weight excluding hydrogens is 300 g/mol. The summed E-state index contributed by atoms with van der Waals surface area (Å²) in [7, 11) is 0. The highest BCUT2D eigenvalue weighted by Gasteiger charge is 2.11. The lowest BCUT2D eigenvalue weighted by Gasteiger charge is -2.11. The van der Waals surface area contributed by atoms with E-state index in [4.69, 9.17) is 11.6 Å². The third-order valence-corrected chi connectivity index (χ3v) is 3.53. The average molecular weight is 325 g/mol. The molecule has 5 heteroatoms. The molecule has 122 valence electrons. The van der Waals surface area contributed by atoms with Gasteiger partial charge in [0.1, 0.15) is 0 Å². The highest BCUT2D eigenvalue weighted by Crippen LogP contribution is 2.26. The number of anilines is 2. The van der Waals surface area contributed by atoms with Crippen molar-refractivity contribution in [3.63, 3.8) is 0 Å². The second-order valence-corrected chi connectivity index (χ2v) is 6.58. The Balaban J connectivity index is 2.58. The fourth-order valence-electron chi connectivity index (χ4n) is 1.87. The Kier molecular flexibility index (Phi) is 7.39. The molecule has 1 aromatic rings.